The number of rotatable bonds is 4. The first-order chi connectivity index (χ1) is 6.66. The van der Waals surface area contributed by atoms with Crippen LogP contribution in [-0.4, -0.2) is 11.2 Å². The number of aliphatic hydroxyl groups excluding tert-OH is 1. The Kier molecular flexibility index (Phi) is 4.39. The summed E-state index contributed by atoms with van der Waals surface area (Å²) in [6, 6.07) is 6.98. The molecule has 0 radical (unpaired) electrons. The van der Waals surface area contributed by atoms with E-state index in [1.807, 2.05) is 25.1 Å². The van der Waals surface area contributed by atoms with Crippen molar-refractivity contribution in [2.75, 3.05) is 0 Å². The van der Waals surface area contributed by atoms with E-state index in [1.165, 1.54) is 0 Å². The molecule has 0 saturated carbocycles. The molecule has 1 rings (SSSR count). The van der Waals surface area contributed by atoms with Gasteiger partial charge in [0.05, 0.1) is 12.1 Å². The van der Waals surface area contributed by atoms with Crippen molar-refractivity contribution in [3.63, 3.8) is 0 Å². The lowest BCUT2D eigenvalue weighted by molar-refractivity contribution is 0.134. The molecule has 1 aromatic rings. The van der Waals surface area contributed by atoms with E-state index in [9.17, 15) is 5.11 Å². The lowest BCUT2D eigenvalue weighted by atomic mass is 9.99. The third kappa shape index (κ3) is 2.71. The van der Waals surface area contributed by atoms with Gasteiger partial charge in [0.25, 0.3) is 0 Å². The van der Waals surface area contributed by atoms with Crippen LogP contribution in [0.15, 0.2) is 24.3 Å². The first-order valence-electron chi connectivity index (χ1n) is 4.85. The van der Waals surface area contributed by atoms with Crippen LogP contribution in [0.3, 0.4) is 0 Å². The molecule has 0 aliphatic heterocycles. The SMILES string of the molecule is CCC[C@@H](O)[C@@H](N)c1ccccc1Cl. The minimum atomic E-state index is -0.514. The zero-order valence-electron chi connectivity index (χ0n) is 8.28. The summed E-state index contributed by atoms with van der Waals surface area (Å²) in [6.45, 7) is 2.02. The predicted molar refractivity (Wildman–Crippen MR) is 59.3 cm³/mol. The zero-order chi connectivity index (χ0) is 10.6. The Labute approximate surface area is 89.7 Å². The van der Waals surface area contributed by atoms with Crippen molar-refractivity contribution in [3.8, 4) is 0 Å². The number of halogens is 1. The van der Waals surface area contributed by atoms with E-state index in [0.29, 0.717) is 11.4 Å². The van der Waals surface area contributed by atoms with Crippen LogP contribution in [0, 0.1) is 0 Å². The van der Waals surface area contributed by atoms with Crippen LogP contribution >= 0.6 is 11.6 Å². The number of nitrogens with two attached hydrogens (primary N) is 1. The molecule has 3 N–H and O–H groups in total. The highest BCUT2D eigenvalue weighted by Gasteiger charge is 2.17. The van der Waals surface area contributed by atoms with Gasteiger partial charge in [0, 0.05) is 5.02 Å². The number of benzene rings is 1. The van der Waals surface area contributed by atoms with Crippen molar-refractivity contribution in [1.82, 2.24) is 0 Å². The van der Waals surface area contributed by atoms with E-state index in [-0.39, 0.29) is 6.04 Å². The van der Waals surface area contributed by atoms with E-state index in [1.54, 1.807) is 6.07 Å². The Morgan fingerprint density at radius 2 is 2.07 bits per heavy atom. The van der Waals surface area contributed by atoms with Crippen molar-refractivity contribution < 1.29 is 5.11 Å². The van der Waals surface area contributed by atoms with E-state index < -0.39 is 6.10 Å². The summed E-state index contributed by atoms with van der Waals surface area (Å²) in [6.07, 6.45) is 1.10. The van der Waals surface area contributed by atoms with E-state index >= 15 is 0 Å². The van der Waals surface area contributed by atoms with Crippen LogP contribution in [0.2, 0.25) is 5.02 Å². The van der Waals surface area contributed by atoms with Gasteiger partial charge in [-0.2, -0.15) is 0 Å². The molecule has 0 saturated heterocycles. The second kappa shape index (κ2) is 5.35. The highest BCUT2D eigenvalue weighted by molar-refractivity contribution is 6.31. The molecule has 78 valence electrons. The Morgan fingerprint density at radius 1 is 1.43 bits per heavy atom. The van der Waals surface area contributed by atoms with Gasteiger partial charge >= 0.3 is 0 Å². The lowest BCUT2D eigenvalue weighted by Crippen LogP contribution is -2.26. The summed E-state index contributed by atoms with van der Waals surface area (Å²) in [5.41, 5.74) is 6.71. The average Bonchev–Trinajstić information content (AvgIpc) is 2.18. The highest BCUT2D eigenvalue weighted by Crippen LogP contribution is 2.24. The summed E-state index contributed by atoms with van der Waals surface area (Å²) in [5, 5.41) is 10.3. The van der Waals surface area contributed by atoms with Crippen molar-refractivity contribution in [3.05, 3.63) is 34.9 Å². The molecule has 0 spiro atoms. The Morgan fingerprint density at radius 3 is 2.64 bits per heavy atom. The lowest BCUT2D eigenvalue weighted by Gasteiger charge is -2.19. The molecule has 2 nitrogen and oxygen atoms in total. The molecule has 3 heteroatoms. The summed E-state index contributed by atoms with van der Waals surface area (Å²) >= 11 is 5.97. The highest BCUT2D eigenvalue weighted by atomic mass is 35.5. The molecule has 1 aromatic carbocycles. The minimum absolute atomic E-state index is 0.386. The number of hydrogen-bond donors (Lipinski definition) is 2. The van der Waals surface area contributed by atoms with Gasteiger partial charge in [-0.05, 0) is 18.1 Å². The van der Waals surface area contributed by atoms with E-state index in [4.69, 9.17) is 17.3 Å². The molecule has 0 aliphatic carbocycles. The van der Waals surface area contributed by atoms with Crippen LogP contribution < -0.4 is 5.73 Å². The normalized spacial score (nSPS) is 15.1. The molecule has 0 fully saturated rings. The first kappa shape index (κ1) is 11.5. The fourth-order valence-corrected chi connectivity index (χ4v) is 1.69. The maximum atomic E-state index is 9.71. The first-order valence-corrected chi connectivity index (χ1v) is 5.22. The van der Waals surface area contributed by atoms with Gasteiger partial charge in [-0.15, -0.1) is 0 Å². The van der Waals surface area contributed by atoms with E-state index in [0.717, 1.165) is 12.0 Å². The van der Waals surface area contributed by atoms with Gasteiger partial charge in [-0.3, -0.25) is 0 Å². The monoisotopic (exact) mass is 213 g/mol. The molecule has 14 heavy (non-hydrogen) atoms. The van der Waals surface area contributed by atoms with Gasteiger partial charge in [-0.25, -0.2) is 0 Å². The summed E-state index contributed by atoms with van der Waals surface area (Å²) in [5.74, 6) is 0. The molecule has 0 aliphatic rings. The van der Waals surface area contributed by atoms with Crippen LogP contribution in [0.1, 0.15) is 31.4 Å². The van der Waals surface area contributed by atoms with Crippen molar-refractivity contribution in [2.45, 2.75) is 31.9 Å². The molecular formula is C11H16ClNO. The topological polar surface area (TPSA) is 46.2 Å². The maximum Gasteiger partial charge on any atom is 0.0733 e. The van der Waals surface area contributed by atoms with Gasteiger partial charge in [0.15, 0.2) is 0 Å². The Balaban J connectivity index is 2.78. The maximum absolute atomic E-state index is 9.71. The Bertz CT molecular complexity index is 290. The molecule has 0 aromatic heterocycles. The minimum Gasteiger partial charge on any atom is -0.391 e. The van der Waals surface area contributed by atoms with Crippen LogP contribution in [0.5, 0.6) is 0 Å². The second-order valence-corrected chi connectivity index (χ2v) is 3.81. The molecular weight excluding hydrogens is 198 g/mol. The van der Waals surface area contributed by atoms with E-state index in [2.05, 4.69) is 0 Å². The Hall–Kier alpha value is -0.570. The molecule has 0 heterocycles. The smallest absolute Gasteiger partial charge is 0.0733 e. The largest absolute Gasteiger partial charge is 0.391 e. The predicted octanol–water partition coefficient (Wildman–Crippen LogP) is 2.50. The van der Waals surface area contributed by atoms with Crippen molar-refractivity contribution in [1.29, 1.82) is 0 Å². The van der Waals surface area contributed by atoms with Crippen LogP contribution in [0.4, 0.5) is 0 Å². The van der Waals surface area contributed by atoms with Gasteiger partial charge < -0.3 is 10.8 Å². The summed E-state index contributed by atoms with van der Waals surface area (Å²) < 4.78 is 0. The quantitative estimate of drug-likeness (QED) is 0.808. The number of aliphatic hydroxyl groups is 1. The average molecular weight is 214 g/mol. The fourth-order valence-electron chi connectivity index (χ4n) is 1.43. The fraction of sp³-hybridized carbons (Fsp3) is 0.455. The van der Waals surface area contributed by atoms with Gasteiger partial charge in [0.1, 0.15) is 0 Å². The second-order valence-electron chi connectivity index (χ2n) is 3.40. The van der Waals surface area contributed by atoms with Crippen LogP contribution in [0.25, 0.3) is 0 Å². The van der Waals surface area contributed by atoms with Gasteiger partial charge in [0.2, 0.25) is 0 Å². The van der Waals surface area contributed by atoms with Crippen molar-refractivity contribution in [2.24, 2.45) is 5.73 Å². The van der Waals surface area contributed by atoms with Crippen LogP contribution in [-0.2, 0) is 0 Å². The summed E-state index contributed by atoms with van der Waals surface area (Å²) in [4.78, 5) is 0. The third-order valence-corrected chi connectivity index (χ3v) is 2.61. The molecule has 0 bridgehead atoms. The number of hydrogen-bond acceptors (Lipinski definition) is 2. The molecule has 0 amide bonds. The molecule has 2 atom stereocenters. The summed E-state index contributed by atoms with van der Waals surface area (Å²) in [7, 11) is 0. The van der Waals surface area contributed by atoms with Gasteiger partial charge in [-0.1, -0.05) is 43.1 Å². The molecule has 0 unspecified atom stereocenters. The zero-order valence-corrected chi connectivity index (χ0v) is 9.04. The standard InChI is InChI=1S/C11H16ClNO/c1-2-5-10(14)11(13)8-6-3-4-7-9(8)12/h3-4,6-7,10-11,14H,2,5,13H2,1H3/t10-,11+/m1/s1. The third-order valence-electron chi connectivity index (χ3n) is 2.26. The van der Waals surface area contributed by atoms with Crippen molar-refractivity contribution >= 4 is 11.6 Å².